The minimum absolute atomic E-state index is 0.261. The summed E-state index contributed by atoms with van der Waals surface area (Å²) in [5.41, 5.74) is -15.0. The lowest BCUT2D eigenvalue weighted by Crippen LogP contribution is -2.42. The van der Waals surface area contributed by atoms with Crippen LogP contribution >= 0.6 is 122 Å². The topological polar surface area (TPSA) is 985 Å². The first-order valence-corrected chi connectivity index (χ1v) is 47.8. The highest BCUT2D eigenvalue weighted by Crippen LogP contribution is 2.73. The fraction of sp³-hybridized carbons (Fsp3) is 1.00. The number of rotatable bonds is 29. The predicted molar refractivity (Wildman–Crippen MR) is 291 cm³/mol. The van der Waals surface area contributed by atoms with Crippen LogP contribution in [-0.4, -0.2) is 260 Å². The average molecular weight is 1630 g/mol. The van der Waals surface area contributed by atoms with Gasteiger partial charge < -0.3 is 168 Å². The summed E-state index contributed by atoms with van der Waals surface area (Å²) in [7, 11) is -91.0. The molecule has 0 radical (unpaired) electrons. The third kappa shape index (κ3) is 34.6. The van der Waals surface area contributed by atoms with Gasteiger partial charge in [0.15, 0.2) is 0 Å². The molecule has 0 saturated heterocycles. The molecule has 0 aromatic heterocycles. The zero-order valence-corrected chi connectivity index (χ0v) is 58.1. The Balaban J connectivity index is -0.000000340. The Morgan fingerprint density at radius 1 is 0.193 bits per heavy atom. The third-order valence-corrected chi connectivity index (χ3v) is 37.6. The Morgan fingerprint density at radius 2 is 0.250 bits per heavy atom. The molecule has 70 heteroatoms. The van der Waals surface area contributed by atoms with Gasteiger partial charge in [0.2, 0.25) is 44.2 Å². The van der Waals surface area contributed by atoms with Crippen molar-refractivity contribution >= 4 is 122 Å². The van der Waals surface area contributed by atoms with Gasteiger partial charge in [0.25, 0.3) is 0 Å². The second-order valence-electron chi connectivity index (χ2n) is 16.1. The van der Waals surface area contributed by atoms with E-state index in [-0.39, 0.29) is 19.6 Å². The highest BCUT2D eigenvalue weighted by atomic mass is 31.3. The summed E-state index contributed by atoms with van der Waals surface area (Å²) >= 11 is 0. The predicted octanol–water partition coefficient (Wildman–Crippen LogP) is -6.75. The molecule has 54 nitrogen and oxygen atoms in total. The molecule has 0 aliphatic heterocycles. The van der Waals surface area contributed by atoms with Crippen molar-refractivity contribution in [2.75, 3.05) is 39.3 Å². The van der Waals surface area contributed by atoms with Crippen LogP contribution in [0.15, 0.2) is 0 Å². The van der Waals surface area contributed by atoms with Crippen molar-refractivity contribution in [3.63, 3.8) is 0 Å². The van der Waals surface area contributed by atoms with Crippen molar-refractivity contribution < 1.29 is 230 Å². The van der Waals surface area contributed by atoms with E-state index in [2.05, 4.69) is 0 Å². The average Bonchev–Trinajstić information content (AvgIpc) is 3.15. The molecule has 0 unspecified atom stereocenters. The van der Waals surface area contributed by atoms with E-state index in [4.69, 9.17) is 168 Å². The number of hydrogen-bond donors (Lipinski definition) is 34. The van der Waals surface area contributed by atoms with Crippen molar-refractivity contribution in [2.24, 2.45) is 11.5 Å². The first-order valence-electron chi connectivity index (χ1n) is 20.9. The van der Waals surface area contributed by atoms with Crippen LogP contribution < -0.4 is 11.5 Å². The van der Waals surface area contributed by atoms with E-state index < -0.39 is 192 Å². The van der Waals surface area contributed by atoms with Crippen LogP contribution in [0.2, 0.25) is 0 Å². The molecule has 0 heterocycles. The lowest BCUT2D eigenvalue weighted by atomic mass is 10.7. The van der Waals surface area contributed by atoms with E-state index in [1.54, 1.807) is 0 Å². The Bertz CT molecular complexity index is 2280. The van der Waals surface area contributed by atoms with Gasteiger partial charge >= 0.3 is 122 Å². The first kappa shape index (κ1) is 98.8. The highest BCUT2D eigenvalue weighted by molar-refractivity contribution is 7.75. The van der Waals surface area contributed by atoms with Gasteiger partial charge in [0, 0.05) is 13.1 Å². The summed E-state index contributed by atoms with van der Waals surface area (Å²) in [6.07, 6.45) is 0. The molecule has 36 N–H and O–H groups in total. The van der Waals surface area contributed by atoms with Crippen LogP contribution in [0.4, 0.5) is 0 Å². The normalized spacial score (nSPS) is 14.9. The van der Waals surface area contributed by atoms with Crippen molar-refractivity contribution in [2.45, 2.75) is 71.9 Å². The minimum atomic E-state index is -5.69. The number of hydrogen-bond acceptors (Lipinski definition) is 22. The smallest absolute Gasteiger partial charge is 0.329 e. The maximum absolute atomic E-state index is 11.2. The summed E-state index contributed by atoms with van der Waals surface area (Å²) in [6.45, 7) is 1.58. The molecule has 538 valence electrons. The van der Waals surface area contributed by atoms with Crippen LogP contribution in [0.1, 0.15) is 27.7 Å². The minimum Gasteiger partial charge on any atom is -0.329 e. The second kappa shape index (κ2) is 35.3. The summed E-state index contributed by atoms with van der Waals surface area (Å²) in [6, 6.07) is 0. The SMILES string of the molecule is CCN(C(P(=O)(O)O)P(=O)(O)O)C(P(=O)(O)O)P(=O)(O)O.CCN(C(P(=O)(O)O)P(=O)(O)O)C(P(=O)(O)O)P(=O)(O)O.CCN(C(P(=O)(O)O)P(=O)(O)O)C(P(=O)(O)O)P(=O)(O)O.CCN(C(P(=O)(O)O)P(=O)(O)O)C(P(=O)(O)O)P(=O)(O)O.NCCN. The Morgan fingerprint density at radius 3 is 0.273 bits per heavy atom. The Kier molecular flexibility index (Phi) is 39.6. The first-order chi connectivity index (χ1) is 37.7. The summed E-state index contributed by atoms with van der Waals surface area (Å²) in [4.78, 5) is 286. The molecule has 0 fully saturated rings. The molecule has 0 bridgehead atoms. The van der Waals surface area contributed by atoms with E-state index in [0.717, 1.165) is 27.7 Å². The maximum Gasteiger partial charge on any atom is 0.355 e. The zero-order chi connectivity index (χ0) is 73.2. The Labute approximate surface area is 492 Å². The zero-order valence-electron chi connectivity index (χ0n) is 43.8. The molecule has 0 spiro atoms. The third-order valence-electron chi connectivity index (χ3n) is 8.81. The van der Waals surface area contributed by atoms with Crippen molar-refractivity contribution in [3.05, 3.63) is 0 Å². The van der Waals surface area contributed by atoms with E-state index in [0.29, 0.717) is 13.1 Å². The maximum atomic E-state index is 11.2. The number of nitrogens with zero attached hydrogens (tertiary/aromatic N) is 4. The molecule has 0 rings (SSSR count). The Hall–Kier alpha value is 2.16. The van der Waals surface area contributed by atoms with Crippen LogP contribution in [0, 0.1) is 0 Å². The lowest BCUT2D eigenvalue weighted by molar-refractivity contribution is 0.203. The number of nitrogens with two attached hydrogens (primary N) is 2. The molecular weight excluding hydrogens is 1560 g/mol. The quantitative estimate of drug-likeness (QED) is 0.0310. The molecule has 0 amide bonds. The fourth-order valence-electron chi connectivity index (χ4n) is 6.44. The molecule has 0 aromatic rings. The molecule has 0 atom stereocenters. The molecule has 0 aliphatic carbocycles. The second-order valence-corrected chi connectivity index (χ2v) is 46.0. The van der Waals surface area contributed by atoms with Crippen LogP contribution in [-0.2, 0) is 73.0 Å². The van der Waals surface area contributed by atoms with Gasteiger partial charge in [0.05, 0.1) is 0 Å². The van der Waals surface area contributed by atoms with Gasteiger partial charge in [-0.1, -0.05) is 27.7 Å². The standard InChI is InChI=1S/4C4H15NO12P4.C2H8N2/c4*1-2-5(3(18(6,7)8)19(9,10)11)4(20(12,13)14)21(15,16)17;3-1-2-4/h4*3-4H,2H2,1H3,(H2,6,7,8)(H2,9,10,11)(H2,12,13,14)(H2,15,16,17);1-4H2. The molecule has 0 saturated carbocycles. The van der Waals surface area contributed by atoms with Crippen LogP contribution in [0.5, 0.6) is 0 Å². The summed E-state index contributed by atoms with van der Waals surface area (Å²) in [5.74, 6) is 0. The van der Waals surface area contributed by atoms with Crippen LogP contribution in [0.25, 0.3) is 0 Å². The van der Waals surface area contributed by atoms with E-state index in [9.17, 15) is 73.0 Å². The van der Waals surface area contributed by atoms with Gasteiger partial charge in [-0.15, -0.1) is 0 Å². The van der Waals surface area contributed by atoms with Gasteiger partial charge in [-0.2, -0.15) is 0 Å². The lowest BCUT2D eigenvalue weighted by Gasteiger charge is -2.37. The summed E-state index contributed by atoms with van der Waals surface area (Å²) in [5, 5.41) is 0. The van der Waals surface area contributed by atoms with Gasteiger partial charge in [-0.05, 0) is 26.2 Å². The summed E-state index contributed by atoms with van der Waals surface area (Å²) < 4.78 is 179. The van der Waals surface area contributed by atoms with Crippen molar-refractivity contribution in [3.8, 4) is 0 Å². The van der Waals surface area contributed by atoms with E-state index >= 15 is 0 Å². The van der Waals surface area contributed by atoms with Crippen molar-refractivity contribution in [1.82, 2.24) is 19.6 Å². The molecular formula is C18H68N6O48P16. The van der Waals surface area contributed by atoms with Gasteiger partial charge in [-0.25, -0.2) is 0 Å². The fourth-order valence-corrected chi connectivity index (χ4v) is 31.6. The molecule has 88 heavy (non-hydrogen) atoms. The molecule has 0 aliphatic rings. The van der Waals surface area contributed by atoms with Crippen molar-refractivity contribution in [1.29, 1.82) is 0 Å². The van der Waals surface area contributed by atoms with E-state index in [1.165, 1.54) is 0 Å². The van der Waals surface area contributed by atoms with Crippen LogP contribution in [0.3, 0.4) is 0 Å². The van der Waals surface area contributed by atoms with Gasteiger partial charge in [0.1, 0.15) is 0 Å². The largest absolute Gasteiger partial charge is 0.355 e. The van der Waals surface area contributed by atoms with Gasteiger partial charge in [-0.3, -0.25) is 92.6 Å². The monoisotopic (exact) mass is 1630 g/mol. The molecule has 0 aromatic carbocycles. The van der Waals surface area contributed by atoms with E-state index in [1.807, 2.05) is 0 Å². The highest BCUT2D eigenvalue weighted by Gasteiger charge is 2.62.